The first-order chi connectivity index (χ1) is 6.56. The maximum Gasteiger partial charge on any atom is 0.235 e. The van der Waals surface area contributed by atoms with Crippen molar-refractivity contribution in [1.82, 2.24) is 15.1 Å². The molecule has 1 atom stereocenters. The summed E-state index contributed by atoms with van der Waals surface area (Å²) in [6, 6.07) is -0.0463. The third-order valence-electron chi connectivity index (χ3n) is 2.24. The number of nitrogens with one attached hydrogen (secondary N) is 1. The molecule has 0 saturated carbocycles. The van der Waals surface area contributed by atoms with Crippen molar-refractivity contribution in [1.29, 1.82) is 0 Å². The third kappa shape index (κ3) is 2.26. The van der Waals surface area contributed by atoms with Gasteiger partial charge in [-0.15, -0.1) is 11.6 Å². The van der Waals surface area contributed by atoms with Gasteiger partial charge in [-0.05, 0) is 13.8 Å². The van der Waals surface area contributed by atoms with Crippen molar-refractivity contribution in [2.45, 2.75) is 19.9 Å². The Morgan fingerprint density at radius 1 is 1.79 bits per heavy atom. The molecule has 1 rings (SSSR count). The van der Waals surface area contributed by atoms with E-state index in [2.05, 4.69) is 10.4 Å². The zero-order valence-corrected chi connectivity index (χ0v) is 9.30. The Morgan fingerprint density at radius 2 is 2.43 bits per heavy atom. The molecule has 0 saturated heterocycles. The summed E-state index contributed by atoms with van der Waals surface area (Å²) in [6.07, 6.45) is 1.76. The molecule has 14 heavy (non-hydrogen) atoms. The number of carbonyl (C=O) groups excluding carboxylic acids is 1. The number of aromatic nitrogens is 2. The van der Waals surface area contributed by atoms with Crippen LogP contribution in [0.25, 0.3) is 0 Å². The largest absolute Gasteiger partial charge is 0.348 e. The van der Waals surface area contributed by atoms with Gasteiger partial charge in [0, 0.05) is 18.3 Å². The van der Waals surface area contributed by atoms with Gasteiger partial charge in [0.15, 0.2) is 0 Å². The summed E-state index contributed by atoms with van der Waals surface area (Å²) in [5.74, 6) is -0.175. The van der Waals surface area contributed by atoms with Crippen LogP contribution in [0, 0.1) is 6.92 Å². The van der Waals surface area contributed by atoms with Crippen LogP contribution in [0.3, 0.4) is 0 Å². The van der Waals surface area contributed by atoms with E-state index in [4.69, 9.17) is 11.6 Å². The summed E-state index contributed by atoms with van der Waals surface area (Å²) in [7, 11) is 1.87. The molecule has 0 spiro atoms. The molecule has 0 aromatic carbocycles. The van der Waals surface area contributed by atoms with Gasteiger partial charge in [0.2, 0.25) is 5.91 Å². The van der Waals surface area contributed by atoms with E-state index in [1.54, 1.807) is 10.9 Å². The quantitative estimate of drug-likeness (QED) is 0.769. The molecule has 0 bridgehead atoms. The monoisotopic (exact) mass is 215 g/mol. The van der Waals surface area contributed by atoms with Crippen molar-refractivity contribution in [2.24, 2.45) is 7.05 Å². The van der Waals surface area contributed by atoms with Gasteiger partial charge in [-0.3, -0.25) is 9.48 Å². The topological polar surface area (TPSA) is 46.9 Å². The van der Waals surface area contributed by atoms with E-state index >= 15 is 0 Å². The number of rotatable bonds is 3. The molecule has 0 fully saturated rings. The molecule has 78 valence electrons. The minimum absolute atomic E-state index is 0.0103. The standard InChI is InChI=1S/C9H14ClN3O/c1-6(12-9(14)4-10)8-5-11-13(3)7(8)2/h5-6H,4H2,1-3H3,(H,12,14). The van der Waals surface area contributed by atoms with Crippen LogP contribution in [0.1, 0.15) is 24.2 Å². The first-order valence-corrected chi connectivity index (χ1v) is 4.93. The Balaban J connectivity index is 2.74. The number of hydrogen-bond donors (Lipinski definition) is 1. The van der Waals surface area contributed by atoms with E-state index in [1.165, 1.54) is 0 Å². The highest BCUT2D eigenvalue weighted by atomic mass is 35.5. The first kappa shape index (κ1) is 11.0. The van der Waals surface area contributed by atoms with Crippen LogP contribution < -0.4 is 5.32 Å². The Kier molecular flexibility index (Phi) is 3.52. The smallest absolute Gasteiger partial charge is 0.235 e. The Labute approximate surface area is 88.2 Å². The highest BCUT2D eigenvalue weighted by Crippen LogP contribution is 2.15. The number of aryl methyl sites for hydroxylation is 1. The van der Waals surface area contributed by atoms with Gasteiger partial charge in [-0.2, -0.15) is 5.10 Å². The van der Waals surface area contributed by atoms with Crippen molar-refractivity contribution in [3.8, 4) is 0 Å². The number of carbonyl (C=O) groups is 1. The van der Waals surface area contributed by atoms with Crippen molar-refractivity contribution in [3.05, 3.63) is 17.5 Å². The second kappa shape index (κ2) is 4.46. The lowest BCUT2D eigenvalue weighted by atomic mass is 10.1. The van der Waals surface area contributed by atoms with Gasteiger partial charge in [0.1, 0.15) is 5.88 Å². The maximum atomic E-state index is 11.0. The van der Waals surface area contributed by atoms with Gasteiger partial charge >= 0.3 is 0 Å². The molecule has 1 heterocycles. The van der Waals surface area contributed by atoms with Crippen molar-refractivity contribution < 1.29 is 4.79 Å². The average Bonchev–Trinajstić information content (AvgIpc) is 2.47. The van der Waals surface area contributed by atoms with Gasteiger partial charge in [0.25, 0.3) is 0 Å². The molecule has 4 nitrogen and oxygen atoms in total. The van der Waals surface area contributed by atoms with E-state index in [1.807, 2.05) is 20.9 Å². The van der Waals surface area contributed by atoms with Crippen LogP contribution in [-0.4, -0.2) is 21.6 Å². The Bertz CT molecular complexity index is 335. The fraction of sp³-hybridized carbons (Fsp3) is 0.556. The summed E-state index contributed by atoms with van der Waals surface area (Å²) in [4.78, 5) is 11.0. The van der Waals surface area contributed by atoms with Crippen LogP contribution in [0.2, 0.25) is 0 Å². The lowest BCUT2D eigenvalue weighted by Gasteiger charge is -2.12. The first-order valence-electron chi connectivity index (χ1n) is 4.40. The van der Waals surface area contributed by atoms with E-state index in [0.29, 0.717) is 0 Å². The average molecular weight is 216 g/mol. The van der Waals surface area contributed by atoms with E-state index in [9.17, 15) is 4.79 Å². The number of amides is 1. The van der Waals surface area contributed by atoms with Crippen molar-refractivity contribution >= 4 is 17.5 Å². The van der Waals surface area contributed by atoms with Gasteiger partial charge < -0.3 is 5.32 Å². The predicted molar refractivity (Wildman–Crippen MR) is 55.2 cm³/mol. The minimum atomic E-state index is -0.164. The van der Waals surface area contributed by atoms with Crippen LogP contribution >= 0.6 is 11.6 Å². The second-order valence-corrected chi connectivity index (χ2v) is 3.50. The lowest BCUT2D eigenvalue weighted by Crippen LogP contribution is -2.27. The Hall–Kier alpha value is -1.03. The Morgan fingerprint density at radius 3 is 2.86 bits per heavy atom. The third-order valence-corrected chi connectivity index (χ3v) is 2.48. The van der Waals surface area contributed by atoms with Gasteiger partial charge in [-0.25, -0.2) is 0 Å². The summed E-state index contributed by atoms with van der Waals surface area (Å²) in [6.45, 7) is 3.88. The zero-order chi connectivity index (χ0) is 10.7. The van der Waals surface area contributed by atoms with Gasteiger partial charge in [0.05, 0.1) is 12.2 Å². The summed E-state index contributed by atoms with van der Waals surface area (Å²) < 4.78 is 1.78. The second-order valence-electron chi connectivity index (χ2n) is 3.23. The number of halogens is 1. The molecule has 1 N–H and O–H groups in total. The van der Waals surface area contributed by atoms with E-state index in [-0.39, 0.29) is 17.8 Å². The highest BCUT2D eigenvalue weighted by molar-refractivity contribution is 6.27. The lowest BCUT2D eigenvalue weighted by molar-refractivity contribution is -0.119. The van der Waals surface area contributed by atoms with E-state index in [0.717, 1.165) is 11.3 Å². The number of nitrogens with zero attached hydrogens (tertiary/aromatic N) is 2. The van der Waals surface area contributed by atoms with Crippen LogP contribution in [0.5, 0.6) is 0 Å². The molecule has 5 heteroatoms. The fourth-order valence-corrected chi connectivity index (χ4v) is 1.38. The summed E-state index contributed by atoms with van der Waals surface area (Å²) in [5.41, 5.74) is 2.07. The SMILES string of the molecule is Cc1c(C(C)NC(=O)CCl)cnn1C. The number of alkyl halides is 1. The predicted octanol–water partition coefficient (Wildman–Crippen LogP) is 1.14. The molecule has 0 aliphatic rings. The van der Waals surface area contributed by atoms with Crippen LogP contribution in [0.4, 0.5) is 0 Å². The summed E-state index contributed by atoms with van der Waals surface area (Å²) in [5, 5.41) is 6.88. The minimum Gasteiger partial charge on any atom is -0.348 e. The van der Waals surface area contributed by atoms with Crippen LogP contribution in [0.15, 0.2) is 6.20 Å². The number of hydrogen-bond acceptors (Lipinski definition) is 2. The fourth-order valence-electron chi connectivity index (χ4n) is 1.30. The van der Waals surface area contributed by atoms with Crippen molar-refractivity contribution in [2.75, 3.05) is 5.88 Å². The van der Waals surface area contributed by atoms with Crippen molar-refractivity contribution in [3.63, 3.8) is 0 Å². The molecule has 0 aliphatic heterocycles. The highest BCUT2D eigenvalue weighted by Gasteiger charge is 2.13. The zero-order valence-electron chi connectivity index (χ0n) is 8.54. The molecular formula is C9H14ClN3O. The molecule has 1 unspecified atom stereocenters. The molecule has 0 aliphatic carbocycles. The van der Waals surface area contributed by atoms with Crippen LogP contribution in [-0.2, 0) is 11.8 Å². The normalized spacial score (nSPS) is 12.6. The molecule has 1 amide bonds. The molecular weight excluding hydrogens is 202 g/mol. The molecule has 1 aromatic heterocycles. The van der Waals surface area contributed by atoms with E-state index < -0.39 is 0 Å². The summed E-state index contributed by atoms with van der Waals surface area (Å²) >= 11 is 5.40. The van der Waals surface area contributed by atoms with Gasteiger partial charge in [-0.1, -0.05) is 0 Å². The maximum absolute atomic E-state index is 11.0. The molecule has 1 aromatic rings. The molecule has 0 radical (unpaired) electrons.